The van der Waals surface area contributed by atoms with Gasteiger partial charge >= 0.3 is 18.0 Å². The van der Waals surface area contributed by atoms with Crippen molar-refractivity contribution in [3.8, 4) is 0 Å². The molecule has 2 aromatic carbocycles. The van der Waals surface area contributed by atoms with Crippen LogP contribution in [-0.2, 0) is 11.3 Å². The number of aliphatic carboxylic acids is 1. The van der Waals surface area contributed by atoms with Gasteiger partial charge in [0, 0.05) is 22.8 Å². The predicted octanol–water partition coefficient (Wildman–Crippen LogP) is 5.95. The lowest BCUT2D eigenvalue weighted by Crippen LogP contribution is -2.72. The molecule has 2 aliphatic rings. The Kier molecular flexibility index (Phi) is 7.88. The van der Waals surface area contributed by atoms with Gasteiger partial charge in [0.05, 0.1) is 30.0 Å². The normalized spacial score (nSPS) is 20.4. The van der Waals surface area contributed by atoms with E-state index >= 15 is 0 Å². The summed E-state index contributed by atoms with van der Waals surface area (Å²) in [6, 6.07) is 20.1. The molecular formula is C30H34N4O4S. The van der Waals surface area contributed by atoms with Gasteiger partial charge in [-0.25, -0.2) is 14.4 Å². The first kappa shape index (κ1) is 26.7. The molecule has 0 saturated carbocycles. The smallest absolute Gasteiger partial charge is 0.329 e. The highest BCUT2D eigenvalue weighted by molar-refractivity contribution is 7.11. The summed E-state index contributed by atoms with van der Waals surface area (Å²) >= 11 is 1.66. The molecule has 0 radical (unpaired) electrons. The van der Waals surface area contributed by atoms with E-state index < -0.39 is 24.1 Å². The van der Waals surface area contributed by atoms with E-state index in [1.807, 2.05) is 86.6 Å². The number of rotatable bonds is 6. The Labute approximate surface area is 233 Å². The van der Waals surface area contributed by atoms with Gasteiger partial charge in [0.2, 0.25) is 0 Å². The number of benzene rings is 2. The summed E-state index contributed by atoms with van der Waals surface area (Å²) in [6.07, 6.45) is 2.09. The Balaban J connectivity index is 1.47. The van der Waals surface area contributed by atoms with Crippen LogP contribution in [0.4, 0.5) is 21.0 Å². The molecule has 3 aromatic rings. The zero-order valence-electron chi connectivity index (χ0n) is 22.3. The fourth-order valence-corrected chi connectivity index (χ4v) is 6.74. The van der Waals surface area contributed by atoms with Crippen molar-refractivity contribution in [1.29, 1.82) is 0 Å². The highest BCUT2D eigenvalue weighted by Crippen LogP contribution is 2.37. The largest absolute Gasteiger partial charge is 0.480 e. The van der Waals surface area contributed by atoms with Crippen molar-refractivity contribution in [2.75, 3.05) is 18.0 Å². The molecule has 1 N–H and O–H groups in total. The number of fused-ring (bicyclic) bond motifs is 2. The first-order chi connectivity index (χ1) is 18.9. The Morgan fingerprint density at radius 1 is 0.923 bits per heavy atom. The van der Waals surface area contributed by atoms with Gasteiger partial charge in [0.1, 0.15) is 0 Å². The van der Waals surface area contributed by atoms with E-state index in [1.54, 1.807) is 26.0 Å². The SMILES string of the molecule is CCN(Cc1ccc(C)s1)C(=O)N1[C@H]2CCC[C@@H]1[C@@H](C(=O)O)N(C(=O)N(c1ccccc1)c1ccccc1)C2. The molecule has 2 bridgehead atoms. The minimum atomic E-state index is -1.14. The molecule has 39 heavy (non-hydrogen) atoms. The molecule has 3 atom stereocenters. The molecule has 8 nitrogen and oxygen atoms in total. The maximum Gasteiger partial charge on any atom is 0.329 e. The van der Waals surface area contributed by atoms with Crippen LogP contribution in [0.5, 0.6) is 0 Å². The molecule has 2 fully saturated rings. The number of hydrogen-bond donors (Lipinski definition) is 1. The summed E-state index contributed by atoms with van der Waals surface area (Å²) in [4.78, 5) is 49.8. The Morgan fingerprint density at radius 2 is 1.56 bits per heavy atom. The second kappa shape index (κ2) is 11.5. The zero-order valence-corrected chi connectivity index (χ0v) is 23.1. The summed E-state index contributed by atoms with van der Waals surface area (Å²) in [6.45, 7) is 5.16. The Morgan fingerprint density at radius 3 is 2.10 bits per heavy atom. The maximum absolute atomic E-state index is 14.2. The Hall–Kier alpha value is -3.85. The lowest BCUT2D eigenvalue weighted by molar-refractivity contribution is -0.148. The third kappa shape index (κ3) is 5.36. The average Bonchev–Trinajstić information content (AvgIpc) is 3.36. The molecule has 0 unspecified atom stereocenters. The number of aryl methyl sites for hydroxylation is 1. The van der Waals surface area contributed by atoms with Crippen LogP contribution >= 0.6 is 11.3 Å². The quantitative estimate of drug-likeness (QED) is 0.414. The number of para-hydroxylation sites is 2. The van der Waals surface area contributed by atoms with Gasteiger partial charge in [-0.05, 0) is 69.5 Å². The van der Waals surface area contributed by atoms with Crippen LogP contribution in [0.2, 0.25) is 0 Å². The molecule has 204 valence electrons. The number of hydrogen-bond acceptors (Lipinski definition) is 4. The molecule has 5 rings (SSSR count). The maximum atomic E-state index is 14.2. The summed E-state index contributed by atoms with van der Waals surface area (Å²) in [5.74, 6) is -1.09. The van der Waals surface area contributed by atoms with Gasteiger partial charge in [-0.1, -0.05) is 36.4 Å². The molecule has 2 saturated heterocycles. The molecule has 4 amide bonds. The first-order valence-corrected chi connectivity index (χ1v) is 14.3. The molecule has 2 aliphatic heterocycles. The van der Waals surface area contributed by atoms with Crippen LogP contribution in [0.25, 0.3) is 0 Å². The summed E-state index contributed by atoms with van der Waals surface area (Å²) in [5, 5.41) is 10.5. The van der Waals surface area contributed by atoms with E-state index in [2.05, 4.69) is 0 Å². The summed E-state index contributed by atoms with van der Waals surface area (Å²) in [5.41, 5.74) is 1.31. The number of nitrogens with zero attached hydrogens (tertiary/aromatic N) is 4. The van der Waals surface area contributed by atoms with Gasteiger partial charge in [0.25, 0.3) is 0 Å². The number of carbonyl (C=O) groups excluding carboxylic acids is 2. The van der Waals surface area contributed by atoms with Crippen molar-refractivity contribution in [3.05, 3.63) is 82.6 Å². The van der Waals surface area contributed by atoms with E-state index in [-0.39, 0.29) is 18.6 Å². The molecule has 9 heteroatoms. The van der Waals surface area contributed by atoms with Crippen LogP contribution in [0.1, 0.15) is 35.9 Å². The number of piperazine rings is 1. The number of urea groups is 2. The minimum Gasteiger partial charge on any atom is -0.480 e. The highest BCUT2D eigenvalue weighted by Gasteiger charge is 2.52. The number of carboxylic acids is 1. The molecular weight excluding hydrogens is 512 g/mol. The number of carboxylic acid groups (broad SMARTS) is 1. The lowest BCUT2D eigenvalue weighted by atomic mass is 9.86. The van der Waals surface area contributed by atoms with Crippen molar-refractivity contribution in [3.63, 3.8) is 0 Å². The van der Waals surface area contributed by atoms with Gasteiger partial charge in [0.15, 0.2) is 6.04 Å². The van der Waals surface area contributed by atoms with Crippen molar-refractivity contribution in [2.45, 2.75) is 57.8 Å². The fourth-order valence-electron chi connectivity index (χ4n) is 5.83. The molecule has 1 aromatic heterocycles. The topological polar surface area (TPSA) is 84.4 Å². The second-order valence-corrected chi connectivity index (χ2v) is 11.5. The summed E-state index contributed by atoms with van der Waals surface area (Å²) < 4.78 is 0. The Bertz CT molecular complexity index is 1280. The van der Waals surface area contributed by atoms with Crippen molar-refractivity contribution in [2.24, 2.45) is 0 Å². The zero-order chi connectivity index (χ0) is 27.5. The van der Waals surface area contributed by atoms with E-state index in [0.29, 0.717) is 30.9 Å². The molecule has 0 aliphatic carbocycles. The molecule has 3 heterocycles. The number of piperidine rings is 1. The van der Waals surface area contributed by atoms with E-state index in [9.17, 15) is 19.5 Å². The average molecular weight is 547 g/mol. The van der Waals surface area contributed by atoms with E-state index in [1.165, 1.54) is 9.78 Å². The van der Waals surface area contributed by atoms with Crippen LogP contribution < -0.4 is 4.90 Å². The monoisotopic (exact) mass is 546 g/mol. The standard InChI is InChI=1S/C30H34N4O4S/c1-3-31(20-25-18-17-21(2)39-25)29(37)34-24-15-10-16-26(34)27(28(35)36)32(19-24)30(38)33(22-11-6-4-7-12-22)23-13-8-5-9-14-23/h4-9,11-14,17-18,24,26-27H,3,10,15-16,19-20H2,1-2H3,(H,35,36)/t24-,26+,27-/m0/s1. The number of likely N-dealkylation sites (tertiary alicyclic amines) is 1. The van der Waals surface area contributed by atoms with Gasteiger partial charge in [-0.2, -0.15) is 0 Å². The number of carbonyl (C=O) groups is 3. The van der Waals surface area contributed by atoms with Gasteiger partial charge in [-0.15, -0.1) is 11.3 Å². The van der Waals surface area contributed by atoms with Gasteiger partial charge in [-0.3, -0.25) is 4.90 Å². The summed E-state index contributed by atoms with van der Waals surface area (Å²) in [7, 11) is 0. The predicted molar refractivity (Wildman–Crippen MR) is 152 cm³/mol. The lowest BCUT2D eigenvalue weighted by Gasteiger charge is -2.54. The molecule has 0 spiro atoms. The third-order valence-electron chi connectivity index (χ3n) is 7.63. The van der Waals surface area contributed by atoms with Crippen molar-refractivity contribution >= 4 is 40.7 Å². The van der Waals surface area contributed by atoms with Crippen LogP contribution in [0.15, 0.2) is 72.8 Å². The van der Waals surface area contributed by atoms with E-state index in [4.69, 9.17) is 0 Å². The van der Waals surface area contributed by atoms with Crippen molar-refractivity contribution < 1.29 is 19.5 Å². The van der Waals surface area contributed by atoms with Crippen LogP contribution in [-0.4, -0.2) is 69.1 Å². The number of thiophene rings is 1. The third-order valence-corrected chi connectivity index (χ3v) is 8.62. The van der Waals surface area contributed by atoms with Crippen molar-refractivity contribution in [1.82, 2.24) is 14.7 Å². The number of amides is 4. The van der Waals surface area contributed by atoms with Crippen LogP contribution in [0, 0.1) is 6.92 Å². The van der Waals surface area contributed by atoms with E-state index in [0.717, 1.165) is 17.7 Å². The minimum absolute atomic E-state index is 0.153. The van der Waals surface area contributed by atoms with Crippen LogP contribution in [0.3, 0.4) is 0 Å². The first-order valence-electron chi connectivity index (χ1n) is 13.4. The fraction of sp³-hybridized carbons (Fsp3) is 0.367. The number of anilines is 2. The van der Waals surface area contributed by atoms with Gasteiger partial charge < -0.3 is 19.8 Å². The second-order valence-electron chi connectivity index (χ2n) is 10.1. The highest BCUT2D eigenvalue weighted by atomic mass is 32.1.